The Balaban J connectivity index is 0.00000242. The summed E-state index contributed by atoms with van der Waals surface area (Å²) in [5.74, 6) is 1.19. The van der Waals surface area contributed by atoms with E-state index >= 15 is 0 Å². The number of piperidine rings is 1. The van der Waals surface area contributed by atoms with Gasteiger partial charge in [0.2, 0.25) is 5.91 Å². The molecule has 124 valence electrons. The van der Waals surface area contributed by atoms with Crippen LogP contribution in [0.15, 0.2) is 18.2 Å². The number of nitrogens with one attached hydrogen (secondary N) is 1. The summed E-state index contributed by atoms with van der Waals surface area (Å²) in [7, 11) is 1.87. The van der Waals surface area contributed by atoms with Gasteiger partial charge in [-0.15, -0.1) is 12.4 Å². The molecule has 1 aliphatic heterocycles. The second-order valence-electron chi connectivity index (χ2n) is 5.80. The van der Waals surface area contributed by atoms with Gasteiger partial charge in [-0.1, -0.05) is 6.07 Å². The van der Waals surface area contributed by atoms with Crippen molar-refractivity contribution in [3.63, 3.8) is 0 Å². The molecule has 2 rings (SSSR count). The largest absolute Gasteiger partial charge is 0.490 e. The molecular weight excluding hydrogens is 300 g/mol. The van der Waals surface area contributed by atoms with Gasteiger partial charge in [0.15, 0.2) is 0 Å². The summed E-state index contributed by atoms with van der Waals surface area (Å²) in [4.78, 5) is 13.9. The first kappa shape index (κ1) is 18.8. The highest BCUT2D eigenvalue weighted by atomic mass is 35.5. The molecule has 0 bridgehead atoms. The Labute approximate surface area is 139 Å². The minimum Gasteiger partial charge on any atom is -0.490 e. The van der Waals surface area contributed by atoms with Crippen LogP contribution in [0.1, 0.15) is 30.4 Å². The molecule has 1 amide bonds. The number of benzene rings is 1. The Morgan fingerprint density at radius 1 is 1.27 bits per heavy atom. The molecule has 0 unspecified atom stereocenters. The molecule has 0 aliphatic carbocycles. The maximum absolute atomic E-state index is 11.9. The normalized spacial score (nSPS) is 15.3. The van der Waals surface area contributed by atoms with Crippen molar-refractivity contribution >= 4 is 18.3 Å². The van der Waals surface area contributed by atoms with Crippen LogP contribution in [0.5, 0.6) is 5.75 Å². The van der Waals surface area contributed by atoms with E-state index in [1.165, 1.54) is 11.1 Å². The van der Waals surface area contributed by atoms with Gasteiger partial charge in [-0.05, 0) is 44.2 Å². The predicted molar refractivity (Wildman–Crippen MR) is 91.9 cm³/mol. The molecular formula is C17H27ClN2O2. The lowest BCUT2D eigenvalue weighted by atomic mass is 10.1. The van der Waals surface area contributed by atoms with Crippen LogP contribution in [-0.4, -0.2) is 43.6 Å². The SMILES string of the molecule is CNCCC(=O)N1CCC(Oc2ccc(C)c(C)c2)CC1.Cl. The van der Waals surface area contributed by atoms with Crippen molar-refractivity contribution in [3.8, 4) is 5.75 Å². The van der Waals surface area contributed by atoms with Gasteiger partial charge in [0.1, 0.15) is 11.9 Å². The lowest BCUT2D eigenvalue weighted by Gasteiger charge is -2.32. The van der Waals surface area contributed by atoms with Gasteiger partial charge in [-0.25, -0.2) is 0 Å². The van der Waals surface area contributed by atoms with E-state index in [1.54, 1.807) is 0 Å². The second-order valence-corrected chi connectivity index (χ2v) is 5.80. The Bertz CT molecular complexity index is 486. The number of halogens is 1. The third kappa shape index (κ3) is 5.18. The average molecular weight is 327 g/mol. The molecule has 1 aromatic carbocycles. The summed E-state index contributed by atoms with van der Waals surface area (Å²) in [5.41, 5.74) is 2.54. The zero-order valence-corrected chi connectivity index (χ0v) is 14.5. The van der Waals surface area contributed by atoms with Crippen molar-refractivity contribution in [1.29, 1.82) is 0 Å². The van der Waals surface area contributed by atoms with E-state index in [0.29, 0.717) is 6.42 Å². The maximum atomic E-state index is 11.9. The molecule has 1 N–H and O–H groups in total. The third-order valence-corrected chi connectivity index (χ3v) is 4.16. The van der Waals surface area contributed by atoms with Crippen molar-refractivity contribution in [2.75, 3.05) is 26.7 Å². The van der Waals surface area contributed by atoms with E-state index in [4.69, 9.17) is 4.74 Å². The van der Waals surface area contributed by atoms with Gasteiger partial charge in [-0.3, -0.25) is 4.79 Å². The predicted octanol–water partition coefficient (Wildman–Crippen LogP) is 2.70. The van der Waals surface area contributed by atoms with E-state index < -0.39 is 0 Å². The monoisotopic (exact) mass is 326 g/mol. The molecule has 1 fully saturated rings. The van der Waals surface area contributed by atoms with Gasteiger partial charge in [0, 0.05) is 38.9 Å². The topological polar surface area (TPSA) is 41.6 Å². The van der Waals surface area contributed by atoms with Crippen molar-refractivity contribution in [2.45, 2.75) is 39.2 Å². The molecule has 1 heterocycles. The summed E-state index contributed by atoms with van der Waals surface area (Å²) in [6.45, 7) is 6.56. The van der Waals surface area contributed by atoms with Crippen LogP contribution in [0.3, 0.4) is 0 Å². The molecule has 0 atom stereocenters. The number of ether oxygens (including phenoxy) is 1. The van der Waals surface area contributed by atoms with Crippen LogP contribution >= 0.6 is 12.4 Å². The number of hydrogen-bond donors (Lipinski definition) is 1. The molecule has 1 saturated heterocycles. The molecule has 0 saturated carbocycles. The Morgan fingerprint density at radius 2 is 1.95 bits per heavy atom. The second kappa shape index (κ2) is 9.01. The number of hydrogen-bond acceptors (Lipinski definition) is 3. The summed E-state index contributed by atoms with van der Waals surface area (Å²) >= 11 is 0. The van der Waals surface area contributed by atoms with Gasteiger partial charge in [0.05, 0.1) is 0 Å². The third-order valence-electron chi connectivity index (χ3n) is 4.16. The molecule has 0 spiro atoms. The van der Waals surface area contributed by atoms with E-state index in [2.05, 4.69) is 31.3 Å². The first-order valence-electron chi connectivity index (χ1n) is 7.76. The number of amides is 1. The molecule has 5 heteroatoms. The van der Waals surface area contributed by atoms with Crippen LogP contribution in [-0.2, 0) is 4.79 Å². The minimum absolute atomic E-state index is 0. The van der Waals surface area contributed by atoms with Crippen LogP contribution in [0.2, 0.25) is 0 Å². The number of aryl methyl sites for hydroxylation is 2. The molecule has 22 heavy (non-hydrogen) atoms. The average Bonchev–Trinajstić information content (AvgIpc) is 2.49. The van der Waals surface area contributed by atoms with Crippen LogP contribution < -0.4 is 10.1 Å². The highest BCUT2D eigenvalue weighted by molar-refractivity contribution is 5.85. The fourth-order valence-corrected chi connectivity index (χ4v) is 2.59. The van der Waals surface area contributed by atoms with E-state index in [1.807, 2.05) is 18.0 Å². The highest BCUT2D eigenvalue weighted by Crippen LogP contribution is 2.21. The van der Waals surface area contributed by atoms with Crippen molar-refractivity contribution < 1.29 is 9.53 Å². The zero-order valence-electron chi connectivity index (χ0n) is 13.7. The van der Waals surface area contributed by atoms with Crippen LogP contribution in [0.25, 0.3) is 0 Å². The highest BCUT2D eigenvalue weighted by Gasteiger charge is 2.23. The molecule has 4 nitrogen and oxygen atoms in total. The van der Waals surface area contributed by atoms with Gasteiger partial charge >= 0.3 is 0 Å². The Hall–Kier alpha value is -1.26. The van der Waals surface area contributed by atoms with E-state index in [9.17, 15) is 4.79 Å². The fraction of sp³-hybridized carbons (Fsp3) is 0.588. The number of nitrogens with zero attached hydrogens (tertiary/aromatic N) is 1. The Morgan fingerprint density at radius 3 is 2.55 bits per heavy atom. The first-order valence-corrected chi connectivity index (χ1v) is 7.76. The summed E-state index contributed by atoms with van der Waals surface area (Å²) < 4.78 is 6.05. The van der Waals surface area contributed by atoms with Crippen molar-refractivity contribution in [3.05, 3.63) is 29.3 Å². The maximum Gasteiger partial charge on any atom is 0.223 e. The van der Waals surface area contributed by atoms with Crippen molar-refractivity contribution in [1.82, 2.24) is 10.2 Å². The summed E-state index contributed by atoms with van der Waals surface area (Å²) in [6.07, 6.45) is 2.63. The minimum atomic E-state index is 0. The zero-order chi connectivity index (χ0) is 15.2. The first-order chi connectivity index (χ1) is 10.1. The lowest BCUT2D eigenvalue weighted by molar-refractivity contribution is -0.132. The standard InChI is InChI=1S/C17H26N2O2.ClH/c1-13-4-5-16(12-14(13)2)21-15-7-10-19(11-8-15)17(20)6-9-18-3;/h4-5,12,15,18H,6-11H2,1-3H3;1H. The van der Waals surface area contributed by atoms with Crippen molar-refractivity contribution in [2.24, 2.45) is 0 Å². The quantitative estimate of drug-likeness (QED) is 0.904. The smallest absolute Gasteiger partial charge is 0.223 e. The Kier molecular flexibility index (Phi) is 7.69. The number of likely N-dealkylation sites (tertiary alicyclic amines) is 1. The van der Waals surface area contributed by atoms with E-state index in [-0.39, 0.29) is 24.4 Å². The van der Waals surface area contributed by atoms with Gasteiger partial charge in [-0.2, -0.15) is 0 Å². The lowest BCUT2D eigenvalue weighted by Crippen LogP contribution is -2.42. The number of carbonyl (C=O) groups is 1. The number of carbonyl (C=O) groups excluding carboxylic acids is 1. The summed E-state index contributed by atoms with van der Waals surface area (Å²) in [5, 5.41) is 3.02. The van der Waals surface area contributed by atoms with Crippen LogP contribution in [0, 0.1) is 13.8 Å². The van der Waals surface area contributed by atoms with Gasteiger partial charge < -0.3 is 15.0 Å². The van der Waals surface area contributed by atoms with Crippen LogP contribution in [0.4, 0.5) is 0 Å². The fourth-order valence-electron chi connectivity index (χ4n) is 2.59. The molecule has 1 aromatic rings. The summed E-state index contributed by atoms with van der Waals surface area (Å²) in [6, 6.07) is 6.23. The van der Waals surface area contributed by atoms with E-state index in [0.717, 1.165) is 38.2 Å². The number of rotatable bonds is 5. The molecule has 1 aliphatic rings. The molecule has 0 radical (unpaired) electrons. The van der Waals surface area contributed by atoms with Gasteiger partial charge in [0.25, 0.3) is 0 Å². The molecule has 0 aromatic heterocycles.